The fourth-order valence-electron chi connectivity index (χ4n) is 3.45. The average molecular weight is 318 g/mol. The van der Waals surface area contributed by atoms with E-state index in [2.05, 4.69) is 12.2 Å². The highest BCUT2D eigenvalue weighted by Crippen LogP contribution is 2.32. The van der Waals surface area contributed by atoms with Gasteiger partial charge in [-0.15, -0.1) is 0 Å². The summed E-state index contributed by atoms with van der Waals surface area (Å²) in [5, 5.41) is 13.7. The summed E-state index contributed by atoms with van der Waals surface area (Å²) in [6.07, 6.45) is 3.80. The lowest BCUT2D eigenvalue weighted by atomic mass is 9.79. The summed E-state index contributed by atoms with van der Waals surface area (Å²) in [5.74, 6) is 0.672. The molecule has 4 nitrogen and oxygen atoms in total. The highest BCUT2D eigenvalue weighted by Gasteiger charge is 2.33. The Bertz CT molecular complexity index is 528. The number of nitrogens with one attached hydrogen (secondary N) is 1. The lowest BCUT2D eigenvalue weighted by molar-refractivity contribution is -0.118. The van der Waals surface area contributed by atoms with Gasteiger partial charge in [0.25, 0.3) is 0 Å². The third-order valence-electron chi connectivity index (χ3n) is 4.93. The number of nitrogens with zero attached hydrogens (tertiary/aromatic N) is 1. The van der Waals surface area contributed by atoms with Crippen molar-refractivity contribution in [2.24, 2.45) is 5.92 Å². The molecular weight excluding hydrogens is 288 g/mol. The first-order valence-corrected chi connectivity index (χ1v) is 8.56. The Hall–Kier alpha value is -1.39. The topological polar surface area (TPSA) is 52.6 Å². The average Bonchev–Trinajstić information content (AvgIpc) is 2.46. The minimum Gasteiger partial charge on any atom is -0.389 e. The molecule has 0 unspecified atom stereocenters. The van der Waals surface area contributed by atoms with Gasteiger partial charge in [0.05, 0.1) is 12.1 Å². The van der Waals surface area contributed by atoms with E-state index in [9.17, 15) is 9.90 Å². The second-order valence-electron chi connectivity index (χ2n) is 7.39. The Balaban J connectivity index is 1.87. The SMILES string of the molecule is Cc1cccc(C)c1NC(=O)CN(C)CC1(O)CCC(C)CC1. The number of aliphatic hydroxyl groups is 1. The van der Waals surface area contributed by atoms with Gasteiger partial charge in [-0.1, -0.05) is 25.1 Å². The molecular formula is C19H30N2O2. The van der Waals surface area contributed by atoms with Crippen LogP contribution in [0.25, 0.3) is 0 Å². The third kappa shape index (κ3) is 5.05. The van der Waals surface area contributed by atoms with Gasteiger partial charge < -0.3 is 10.4 Å². The van der Waals surface area contributed by atoms with Crippen LogP contribution in [0.4, 0.5) is 5.69 Å². The monoisotopic (exact) mass is 318 g/mol. The van der Waals surface area contributed by atoms with Crippen molar-refractivity contribution in [2.75, 3.05) is 25.5 Å². The molecule has 1 aromatic carbocycles. The molecule has 1 amide bonds. The maximum Gasteiger partial charge on any atom is 0.238 e. The van der Waals surface area contributed by atoms with E-state index in [-0.39, 0.29) is 5.91 Å². The zero-order valence-corrected chi connectivity index (χ0v) is 14.9. The number of benzene rings is 1. The van der Waals surface area contributed by atoms with E-state index in [4.69, 9.17) is 0 Å². The molecule has 0 aliphatic heterocycles. The number of hydrogen-bond acceptors (Lipinski definition) is 3. The third-order valence-corrected chi connectivity index (χ3v) is 4.93. The number of likely N-dealkylation sites (N-methyl/N-ethyl adjacent to an activating group) is 1. The molecule has 0 saturated heterocycles. The van der Waals surface area contributed by atoms with Crippen LogP contribution in [-0.2, 0) is 4.79 Å². The molecule has 4 heteroatoms. The summed E-state index contributed by atoms with van der Waals surface area (Å²) in [7, 11) is 1.90. The molecule has 0 aromatic heterocycles. The van der Waals surface area contributed by atoms with Gasteiger partial charge in [-0.05, 0) is 63.6 Å². The molecule has 128 valence electrons. The standard InChI is InChI=1S/C19H30N2O2/c1-14-8-10-19(23,11-9-14)13-21(4)12-17(22)20-18-15(2)6-5-7-16(18)3/h5-7,14,23H,8-13H2,1-4H3,(H,20,22). The van der Waals surface area contributed by atoms with Crippen LogP contribution in [0.3, 0.4) is 0 Å². The summed E-state index contributed by atoms with van der Waals surface area (Å²) in [5.41, 5.74) is 2.40. The van der Waals surface area contributed by atoms with Gasteiger partial charge in [0.1, 0.15) is 0 Å². The van der Waals surface area contributed by atoms with E-state index in [1.165, 1.54) is 0 Å². The van der Waals surface area contributed by atoms with Crippen molar-refractivity contribution in [3.05, 3.63) is 29.3 Å². The normalized spacial score (nSPS) is 24.7. The van der Waals surface area contributed by atoms with Crippen LogP contribution in [-0.4, -0.2) is 41.7 Å². The first-order chi connectivity index (χ1) is 10.8. The van der Waals surface area contributed by atoms with Crippen LogP contribution in [0.1, 0.15) is 43.7 Å². The molecule has 1 fully saturated rings. The summed E-state index contributed by atoms with van der Waals surface area (Å²) in [6.45, 7) is 7.09. The first-order valence-electron chi connectivity index (χ1n) is 8.56. The molecule has 1 aliphatic rings. The fraction of sp³-hybridized carbons (Fsp3) is 0.632. The molecule has 0 bridgehead atoms. The molecule has 1 saturated carbocycles. The van der Waals surface area contributed by atoms with Gasteiger partial charge >= 0.3 is 0 Å². The van der Waals surface area contributed by atoms with Crippen LogP contribution < -0.4 is 5.32 Å². The quantitative estimate of drug-likeness (QED) is 0.877. The summed E-state index contributed by atoms with van der Waals surface area (Å²) in [6, 6.07) is 5.99. The highest BCUT2D eigenvalue weighted by molar-refractivity contribution is 5.93. The Morgan fingerprint density at radius 2 is 1.87 bits per heavy atom. The van der Waals surface area contributed by atoms with Crippen LogP contribution in [0.2, 0.25) is 0 Å². The zero-order chi connectivity index (χ0) is 17.0. The number of amides is 1. The van der Waals surface area contributed by atoms with Crippen LogP contribution in [0, 0.1) is 19.8 Å². The van der Waals surface area contributed by atoms with Crippen LogP contribution in [0.15, 0.2) is 18.2 Å². The van der Waals surface area contributed by atoms with Gasteiger partial charge in [-0.2, -0.15) is 0 Å². The number of carbonyl (C=O) groups is 1. The Kier molecular flexibility index (Phi) is 5.82. The lowest BCUT2D eigenvalue weighted by Crippen LogP contribution is -2.46. The Morgan fingerprint density at radius 1 is 1.30 bits per heavy atom. The molecule has 0 radical (unpaired) electrons. The smallest absolute Gasteiger partial charge is 0.238 e. The van der Waals surface area contributed by atoms with Gasteiger partial charge in [-0.25, -0.2) is 0 Å². The van der Waals surface area contributed by atoms with Crippen molar-refractivity contribution in [2.45, 2.75) is 52.1 Å². The molecule has 0 spiro atoms. The number of anilines is 1. The fourth-order valence-corrected chi connectivity index (χ4v) is 3.45. The lowest BCUT2D eigenvalue weighted by Gasteiger charge is -2.37. The zero-order valence-electron chi connectivity index (χ0n) is 14.9. The van der Waals surface area contributed by atoms with E-state index in [1.807, 2.05) is 44.0 Å². The number of rotatable bonds is 5. The number of hydrogen-bond donors (Lipinski definition) is 2. The largest absolute Gasteiger partial charge is 0.389 e. The molecule has 1 aromatic rings. The van der Waals surface area contributed by atoms with Gasteiger partial charge in [0.2, 0.25) is 5.91 Å². The molecule has 23 heavy (non-hydrogen) atoms. The highest BCUT2D eigenvalue weighted by atomic mass is 16.3. The summed E-state index contributed by atoms with van der Waals surface area (Å²) >= 11 is 0. The molecule has 0 heterocycles. The number of aryl methyl sites for hydroxylation is 2. The van der Waals surface area contributed by atoms with Crippen LogP contribution in [0.5, 0.6) is 0 Å². The van der Waals surface area contributed by atoms with E-state index in [0.717, 1.165) is 42.5 Å². The predicted molar refractivity (Wildman–Crippen MR) is 94.6 cm³/mol. The van der Waals surface area contributed by atoms with Crippen molar-refractivity contribution in [3.8, 4) is 0 Å². The molecule has 1 aliphatic carbocycles. The second kappa shape index (κ2) is 7.45. The molecule has 2 rings (SSSR count). The van der Waals surface area contributed by atoms with Crippen molar-refractivity contribution in [1.82, 2.24) is 4.90 Å². The number of para-hydroxylation sites is 1. The van der Waals surface area contributed by atoms with E-state index < -0.39 is 5.60 Å². The van der Waals surface area contributed by atoms with E-state index >= 15 is 0 Å². The van der Waals surface area contributed by atoms with Crippen molar-refractivity contribution in [1.29, 1.82) is 0 Å². The number of carbonyl (C=O) groups excluding carboxylic acids is 1. The van der Waals surface area contributed by atoms with Gasteiger partial charge in [0, 0.05) is 12.2 Å². The maximum absolute atomic E-state index is 12.3. The summed E-state index contributed by atoms with van der Waals surface area (Å²) in [4.78, 5) is 14.2. The minimum absolute atomic E-state index is 0.0299. The minimum atomic E-state index is -0.639. The molecule has 2 N–H and O–H groups in total. The van der Waals surface area contributed by atoms with E-state index in [0.29, 0.717) is 19.0 Å². The van der Waals surface area contributed by atoms with E-state index in [1.54, 1.807) is 0 Å². The van der Waals surface area contributed by atoms with Gasteiger partial charge in [-0.3, -0.25) is 9.69 Å². The van der Waals surface area contributed by atoms with Crippen molar-refractivity contribution < 1.29 is 9.90 Å². The Labute approximate surface area is 139 Å². The Morgan fingerprint density at radius 3 is 2.43 bits per heavy atom. The summed E-state index contributed by atoms with van der Waals surface area (Å²) < 4.78 is 0. The molecule has 0 atom stereocenters. The predicted octanol–water partition coefficient (Wildman–Crippen LogP) is 3.11. The first kappa shape index (κ1) is 18.0. The van der Waals surface area contributed by atoms with Crippen molar-refractivity contribution >= 4 is 11.6 Å². The second-order valence-corrected chi connectivity index (χ2v) is 7.39. The van der Waals surface area contributed by atoms with Gasteiger partial charge in [0.15, 0.2) is 0 Å². The van der Waals surface area contributed by atoms with Crippen LogP contribution >= 0.6 is 0 Å². The maximum atomic E-state index is 12.3. The van der Waals surface area contributed by atoms with Crippen molar-refractivity contribution in [3.63, 3.8) is 0 Å².